The topological polar surface area (TPSA) is 182 Å². The molecule has 3 N–H and O–H groups in total. The van der Waals surface area contributed by atoms with E-state index >= 15 is 0 Å². The van der Waals surface area contributed by atoms with Crippen molar-refractivity contribution in [2.24, 2.45) is 0 Å². The molecular formula is C39H48N4O11. The number of amides is 3. The van der Waals surface area contributed by atoms with Gasteiger partial charge in [0.05, 0.1) is 38.4 Å². The average Bonchev–Trinajstić information content (AvgIpc) is 3.54. The zero-order valence-corrected chi connectivity index (χ0v) is 31.6. The molecule has 3 aliphatic heterocycles. The van der Waals surface area contributed by atoms with E-state index in [-0.39, 0.29) is 36.1 Å². The van der Waals surface area contributed by atoms with Gasteiger partial charge in [0.25, 0.3) is 5.91 Å². The van der Waals surface area contributed by atoms with Gasteiger partial charge in [-0.3, -0.25) is 19.6 Å². The highest BCUT2D eigenvalue weighted by Gasteiger charge is 2.24. The summed E-state index contributed by atoms with van der Waals surface area (Å²) in [7, 11) is 2.72. The quantitative estimate of drug-likeness (QED) is 0.200. The molecule has 3 heterocycles. The van der Waals surface area contributed by atoms with E-state index in [4.69, 9.17) is 19.4 Å². The summed E-state index contributed by atoms with van der Waals surface area (Å²) in [6.07, 6.45) is -0.162. The highest BCUT2D eigenvalue weighted by Crippen LogP contribution is 2.28. The van der Waals surface area contributed by atoms with Crippen LogP contribution in [0.4, 0.5) is 0 Å². The van der Waals surface area contributed by atoms with Gasteiger partial charge in [-0.2, -0.15) is 0 Å². The number of hydrogen-bond acceptors (Lipinski definition) is 12. The molecule has 0 radical (unpaired) electrons. The molecule has 15 heteroatoms. The van der Waals surface area contributed by atoms with Gasteiger partial charge in [0, 0.05) is 62.3 Å². The average molecular weight is 749 g/mol. The maximum Gasteiger partial charge on any atom is 0.337 e. The number of carbonyl (C=O) groups excluding carboxylic acids is 5. The van der Waals surface area contributed by atoms with E-state index in [0.717, 1.165) is 35.5 Å². The van der Waals surface area contributed by atoms with Crippen molar-refractivity contribution in [3.05, 3.63) is 88.0 Å². The normalized spacial score (nSPS) is 18.4. The standard InChI is InChI=1S/C14H17NO4.C13H16N2O4.C12H15NO3/c1-9-7-15(10(2)16)8-12-5-4-11(14(17)18-3)6-13(12)19-9;1-8-6-15(9(2)16)7-11-4-3-10(13(17)14-18)5-12(11)19-8;1-8-6-13-7-10-4-3-9(12(14)15-2)5-11(10)16-8/h4-6,9H,7-8H2,1-3H3;3-5,8,18H,6-7H2,1-2H3,(H,14,17);3-5,8,13H,6-7H2,1-2H3/t9-;2*8-/m111/s1. The minimum atomic E-state index is -0.591. The molecule has 0 unspecified atom stereocenters. The van der Waals surface area contributed by atoms with Crippen LogP contribution in [0, 0.1) is 0 Å². The Morgan fingerprint density at radius 3 is 1.52 bits per heavy atom. The van der Waals surface area contributed by atoms with Crippen molar-refractivity contribution in [2.45, 2.75) is 72.6 Å². The van der Waals surface area contributed by atoms with Gasteiger partial charge in [-0.15, -0.1) is 0 Å². The van der Waals surface area contributed by atoms with Crippen LogP contribution >= 0.6 is 0 Å². The van der Waals surface area contributed by atoms with Crippen molar-refractivity contribution in [1.82, 2.24) is 20.6 Å². The number of esters is 2. The number of rotatable bonds is 3. The van der Waals surface area contributed by atoms with Crippen molar-refractivity contribution in [1.29, 1.82) is 0 Å². The number of methoxy groups -OCH3 is 2. The number of fused-ring (bicyclic) bond motifs is 3. The van der Waals surface area contributed by atoms with Crippen LogP contribution in [0.2, 0.25) is 0 Å². The Hall–Kier alpha value is -5.67. The van der Waals surface area contributed by atoms with Gasteiger partial charge in [-0.05, 0) is 57.2 Å². The summed E-state index contributed by atoms with van der Waals surface area (Å²) >= 11 is 0. The first-order valence-electron chi connectivity index (χ1n) is 17.4. The lowest BCUT2D eigenvalue weighted by Gasteiger charge is -2.20. The summed E-state index contributed by atoms with van der Waals surface area (Å²) in [5.74, 6) is 0.646. The SMILES string of the molecule is CC(=O)N1Cc2ccc(C(=O)NO)cc2O[C@H](C)C1.COC(=O)c1ccc2c(c1)O[C@H](C)CN(C(C)=O)C2.COC(=O)c1ccc2c(c1)O[C@H](C)CNC2. The zero-order chi connectivity index (χ0) is 39.5. The van der Waals surface area contributed by atoms with Crippen LogP contribution in [-0.4, -0.2) is 96.8 Å². The number of nitrogens with one attached hydrogen (secondary N) is 2. The van der Waals surface area contributed by atoms with E-state index in [2.05, 4.69) is 14.8 Å². The summed E-state index contributed by atoms with van der Waals surface area (Å²) in [5.41, 5.74) is 5.67. The molecule has 3 atom stereocenters. The molecule has 6 rings (SSSR count). The first kappa shape index (κ1) is 41.1. The van der Waals surface area contributed by atoms with Crippen molar-refractivity contribution in [3.8, 4) is 17.2 Å². The molecule has 54 heavy (non-hydrogen) atoms. The predicted molar refractivity (Wildman–Crippen MR) is 195 cm³/mol. The van der Waals surface area contributed by atoms with Crippen molar-refractivity contribution in [3.63, 3.8) is 0 Å². The monoisotopic (exact) mass is 748 g/mol. The second-order valence-corrected chi connectivity index (χ2v) is 13.1. The van der Waals surface area contributed by atoms with Crippen LogP contribution in [0.15, 0.2) is 54.6 Å². The van der Waals surface area contributed by atoms with Crippen LogP contribution in [0.1, 0.15) is 82.4 Å². The number of ether oxygens (including phenoxy) is 5. The molecule has 3 aromatic rings. The third kappa shape index (κ3) is 10.9. The van der Waals surface area contributed by atoms with Crippen molar-refractivity contribution < 1.29 is 52.9 Å². The first-order valence-corrected chi connectivity index (χ1v) is 17.4. The Labute approximate surface area is 314 Å². The fourth-order valence-corrected chi connectivity index (χ4v) is 5.91. The van der Waals surface area contributed by atoms with Gasteiger partial charge >= 0.3 is 11.9 Å². The number of hydroxylamine groups is 1. The second-order valence-electron chi connectivity index (χ2n) is 13.1. The molecule has 0 saturated heterocycles. The molecule has 0 aliphatic carbocycles. The Morgan fingerprint density at radius 2 is 1.07 bits per heavy atom. The lowest BCUT2D eigenvalue weighted by Crippen LogP contribution is -2.34. The van der Waals surface area contributed by atoms with E-state index in [1.54, 1.807) is 70.7 Å². The van der Waals surface area contributed by atoms with Crippen molar-refractivity contribution in [2.75, 3.05) is 33.9 Å². The molecule has 15 nitrogen and oxygen atoms in total. The molecule has 3 aromatic carbocycles. The molecule has 290 valence electrons. The van der Waals surface area contributed by atoms with Crippen molar-refractivity contribution >= 4 is 29.7 Å². The van der Waals surface area contributed by atoms with Gasteiger partial charge in [0.2, 0.25) is 11.8 Å². The predicted octanol–water partition coefficient (Wildman–Crippen LogP) is 3.88. The Balaban J connectivity index is 0.000000181. The Morgan fingerprint density at radius 1 is 0.667 bits per heavy atom. The van der Waals surface area contributed by atoms with E-state index in [1.165, 1.54) is 21.1 Å². The van der Waals surface area contributed by atoms with Gasteiger partial charge in [0.15, 0.2) is 0 Å². The minimum absolute atomic E-state index is 0.0134. The molecular weight excluding hydrogens is 700 g/mol. The fraction of sp³-hybridized carbons (Fsp3) is 0.410. The van der Waals surface area contributed by atoms with Crippen LogP contribution < -0.4 is 25.0 Å². The van der Waals surface area contributed by atoms with E-state index in [1.807, 2.05) is 26.8 Å². The smallest absolute Gasteiger partial charge is 0.337 e. The Kier molecular flexibility index (Phi) is 14.4. The number of hydrogen-bond donors (Lipinski definition) is 3. The van der Waals surface area contributed by atoms with Gasteiger partial charge in [0.1, 0.15) is 35.6 Å². The molecule has 0 saturated carbocycles. The highest BCUT2D eigenvalue weighted by molar-refractivity contribution is 5.94. The lowest BCUT2D eigenvalue weighted by atomic mass is 10.1. The second kappa shape index (κ2) is 18.9. The summed E-state index contributed by atoms with van der Waals surface area (Å²) in [4.78, 5) is 60.7. The summed E-state index contributed by atoms with van der Waals surface area (Å²) in [6.45, 7) is 12.4. The zero-order valence-electron chi connectivity index (χ0n) is 31.6. The minimum Gasteiger partial charge on any atom is -0.489 e. The van der Waals surface area contributed by atoms with Crippen LogP contribution in [0.3, 0.4) is 0 Å². The van der Waals surface area contributed by atoms with Crippen LogP contribution in [0.25, 0.3) is 0 Å². The van der Waals surface area contributed by atoms with E-state index < -0.39 is 11.9 Å². The summed E-state index contributed by atoms with van der Waals surface area (Å²) < 4.78 is 26.6. The summed E-state index contributed by atoms with van der Waals surface area (Å²) in [6, 6.07) is 15.4. The maximum atomic E-state index is 11.5. The van der Waals surface area contributed by atoms with Gasteiger partial charge in [-0.1, -0.05) is 18.2 Å². The van der Waals surface area contributed by atoms with E-state index in [0.29, 0.717) is 54.4 Å². The third-order valence-corrected chi connectivity index (χ3v) is 8.71. The largest absolute Gasteiger partial charge is 0.489 e. The lowest BCUT2D eigenvalue weighted by molar-refractivity contribution is -0.130. The molecule has 0 fully saturated rings. The molecule has 0 spiro atoms. The van der Waals surface area contributed by atoms with E-state index in [9.17, 15) is 24.0 Å². The number of benzene rings is 3. The maximum absolute atomic E-state index is 11.5. The van der Waals surface area contributed by atoms with Gasteiger partial charge < -0.3 is 38.8 Å². The number of nitrogens with zero attached hydrogens (tertiary/aromatic N) is 2. The van der Waals surface area contributed by atoms with Crippen LogP contribution in [-0.2, 0) is 38.7 Å². The number of carbonyl (C=O) groups is 5. The molecule has 0 aromatic heterocycles. The summed E-state index contributed by atoms with van der Waals surface area (Å²) in [5, 5.41) is 11.9. The first-order chi connectivity index (χ1) is 25.7. The molecule has 3 amide bonds. The third-order valence-electron chi connectivity index (χ3n) is 8.71. The molecule has 0 bridgehead atoms. The molecule has 3 aliphatic rings. The van der Waals surface area contributed by atoms with Crippen LogP contribution in [0.5, 0.6) is 17.2 Å². The fourth-order valence-electron chi connectivity index (χ4n) is 5.91. The van der Waals surface area contributed by atoms with Gasteiger partial charge in [-0.25, -0.2) is 15.1 Å². The Bertz CT molecular complexity index is 1760. The highest BCUT2D eigenvalue weighted by atomic mass is 16.5.